The molecule has 1 aromatic carbocycles. The number of thiophene rings is 2. The SMILES string of the molecule is Oc1ccccc1-c1cn(-c2csc(-c3cccs3)c2)nn1. The average Bonchev–Trinajstić information content (AvgIpc) is 3.27. The first-order chi connectivity index (χ1) is 10.8. The van der Waals surface area contributed by atoms with Crippen molar-refractivity contribution in [2.45, 2.75) is 0 Å². The van der Waals surface area contributed by atoms with Crippen molar-refractivity contribution in [2.24, 2.45) is 0 Å². The second-order valence-corrected chi connectivity index (χ2v) is 6.57. The highest BCUT2D eigenvalue weighted by atomic mass is 32.1. The third-order valence-corrected chi connectivity index (χ3v) is 5.27. The number of hydrogen-bond acceptors (Lipinski definition) is 5. The van der Waals surface area contributed by atoms with Crippen molar-refractivity contribution in [1.82, 2.24) is 15.0 Å². The Morgan fingerprint density at radius 2 is 1.91 bits per heavy atom. The van der Waals surface area contributed by atoms with Gasteiger partial charge in [0.25, 0.3) is 0 Å². The fourth-order valence-corrected chi connectivity index (χ4v) is 3.92. The van der Waals surface area contributed by atoms with E-state index in [0.29, 0.717) is 11.3 Å². The average molecular weight is 325 g/mol. The first-order valence-corrected chi connectivity index (χ1v) is 8.41. The van der Waals surface area contributed by atoms with Crippen molar-refractivity contribution in [3.8, 4) is 32.4 Å². The highest BCUT2D eigenvalue weighted by Gasteiger charge is 2.11. The van der Waals surface area contributed by atoms with Crippen LogP contribution in [0.15, 0.2) is 59.4 Å². The van der Waals surface area contributed by atoms with E-state index >= 15 is 0 Å². The van der Waals surface area contributed by atoms with Crippen molar-refractivity contribution in [3.63, 3.8) is 0 Å². The second kappa shape index (κ2) is 5.40. The third kappa shape index (κ3) is 2.32. The largest absolute Gasteiger partial charge is 0.507 e. The molecule has 0 amide bonds. The van der Waals surface area contributed by atoms with Crippen LogP contribution in [0.1, 0.15) is 0 Å². The van der Waals surface area contributed by atoms with Crippen LogP contribution in [0.5, 0.6) is 5.75 Å². The number of aromatic nitrogens is 3. The molecule has 22 heavy (non-hydrogen) atoms. The maximum atomic E-state index is 9.90. The highest BCUT2D eigenvalue weighted by Crippen LogP contribution is 2.33. The van der Waals surface area contributed by atoms with Gasteiger partial charge in [0.15, 0.2) is 0 Å². The molecular weight excluding hydrogens is 314 g/mol. The molecule has 4 rings (SSSR count). The predicted octanol–water partition coefficient (Wildman–Crippen LogP) is 4.43. The zero-order chi connectivity index (χ0) is 14.9. The monoisotopic (exact) mass is 325 g/mol. The van der Waals surface area contributed by atoms with Gasteiger partial charge in [-0.05, 0) is 29.6 Å². The molecule has 3 heterocycles. The molecule has 0 saturated carbocycles. The quantitative estimate of drug-likeness (QED) is 0.606. The van der Waals surface area contributed by atoms with Gasteiger partial charge in [-0.3, -0.25) is 0 Å². The molecule has 0 fully saturated rings. The molecule has 6 heteroatoms. The van der Waals surface area contributed by atoms with Crippen LogP contribution in [0.2, 0.25) is 0 Å². The van der Waals surface area contributed by atoms with Gasteiger partial charge in [-0.15, -0.1) is 27.8 Å². The van der Waals surface area contributed by atoms with Crippen LogP contribution in [-0.4, -0.2) is 20.1 Å². The molecule has 0 aliphatic carbocycles. The van der Waals surface area contributed by atoms with Gasteiger partial charge in [-0.25, -0.2) is 4.68 Å². The Labute approximate surface area is 134 Å². The maximum absolute atomic E-state index is 9.90. The van der Waals surface area contributed by atoms with E-state index in [0.717, 1.165) is 5.69 Å². The summed E-state index contributed by atoms with van der Waals surface area (Å²) in [5.41, 5.74) is 2.31. The third-order valence-electron chi connectivity index (χ3n) is 3.29. The summed E-state index contributed by atoms with van der Waals surface area (Å²) >= 11 is 3.40. The highest BCUT2D eigenvalue weighted by molar-refractivity contribution is 7.20. The molecule has 1 N–H and O–H groups in total. The van der Waals surface area contributed by atoms with Crippen molar-refractivity contribution in [2.75, 3.05) is 0 Å². The van der Waals surface area contributed by atoms with Gasteiger partial charge >= 0.3 is 0 Å². The molecule has 3 aromatic heterocycles. The topological polar surface area (TPSA) is 50.9 Å². The Hall–Kier alpha value is -2.44. The number of rotatable bonds is 3. The van der Waals surface area contributed by atoms with Crippen molar-refractivity contribution in [3.05, 3.63) is 59.4 Å². The van der Waals surface area contributed by atoms with Crippen LogP contribution >= 0.6 is 22.7 Å². The number of aromatic hydroxyl groups is 1. The summed E-state index contributed by atoms with van der Waals surface area (Å²) in [6, 6.07) is 13.4. The van der Waals surface area contributed by atoms with E-state index in [1.807, 2.05) is 24.4 Å². The Morgan fingerprint density at radius 3 is 2.73 bits per heavy atom. The molecule has 0 bridgehead atoms. The lowest BCUT2D eigenvalue weighted by Crippen LogP contribution is -1.91. The molecule has 0 aliphatic heterocycles. The van der Waals surface area contributed by atoms with Crippen LogP contribution < -0.4 is 0 Å². The number of para-hydroxylation sites is 1. The van der Waals surface area contributed by atoms with Gasteiger partial charge in [-0.1, -0.05) is 23.4 Å². The summed E-state index contributed by atoms with van der Waals surface area (Å²) in [5.74, 6) is 0.208. The maximum Gasteiger partial charge on any atom is 0.125 e. The molecule has 4 aromatic rings. The van der Waals surface area contributed by atoms with Crippen LogP contribution in [0.4, 0.5) is 0 Å². The summed E-state index contributed by atoms with van der Waals surface area (Å²) in [6.45, 7) is 0. The summed E-state index contributed by atoms with van der Waals surface area (Å²) in [5, 5.41) is 22.3. The lowest BCUT2D eigenvalue weighted by Gasteiger charge is -1.98. The smallest absolute Gasteiger partial charge is 0.125 e. The van der Waals surface area contributed by atoms with Crippen LogP contribution in [0.3, 0.4) is 0 Å². The zero-order valence-corrected chi connectivity index (χ0v) is 13.0. The predicted molar refractivity (Wildman–Crippen MR) is 89.6 cm³/mol. The van der Waals surface area contributed by atoms with Crippen molar-refractivity contribution in [1.29, 1.82) is 0 Å². The fraction of sp³-hybridized carbons (Fsp3) is 0. The van der Waals surface area contributed by atoms with E-state index in [4.69, 9.17) is 0 Å². The summed E-state index contributed by atoms with van der Waals surface area (Å²) < 4.78 is 1.73. The Balaban J connectivity index is 1.69. The van der Waals surface area contributed by atoms with E-state index in [1.54, 1.807) is 39.5 Å². The lowest BCUT2D eigenvalue weighted by atomic mass is 10.1. The lowest BCUT2D eigenvalue weighted by molar-refractivity contribution is 0.477. The first-order valence-electron chi connectivity index (χ1n) is 6.65. The van der Waals surface area contributed by atoms with E-state index in [9.17, 15) is 5.11 Å². The number of phenolic OH excluding ortho intramolecular Hbond substituents is 1. The van der Waals surface area contributed by atoms with E-state index in [1.165, 1.54) is 9.75 Å². The standard InChI is InChI=1S/C16H11N3OS2/c20-14-5-2-1-4-12(14)13-9-19(18-17-13)11-8-16(22-10-11)15-6-3-7-21-15/h1-10,20H. The number of phenols is 1. The number of hydrogen-bond donors (Lipinski definition) is 1. The summed E-state index contributed by atoms with van der Waals surface area (Å²) in [6.07, 6.45) is 1.83. The molecule has 0 saturated heterocycles. The van der Waals surface area contributed by atoms with Gasteiger partial charge in [0.2, 0.25) is 0 Å². The van der Waals surface area contributed by atoms with E-state index in [2.05, 4.69) is 33.2 Å². The molecule has 0 spiro atoms. The van der Waals surface area contributed by atoms with Crippen molar-refractivity contribution >= 4 is 22.7 Å². The molecule has 0 unspecified atom stereocenters. The Morgan fingerprint density at radius 1 is 1.00 bits per heavy atom. The van der Waals surface area contributed by atoms with Crippen LogP contribution in [-0.2, 0) is 0 Å². The van der Waals surface area contributed by atoms with E-state index < -0.39 is 0 Å². The zero-order valence-electron chi connectivity index (χ0n) is 11.4. The minimum atomic E-state index is 0.208. The summed E-state index contributed by atoms with van der Waals surface area (Å²) in [4.78, 5) is 2.46. The van der Waals surface area contributed by atoms with Crippen molar-refractivity contribution < 1.29 is 5.11 Å². The number of benzene rings is 1. The molecule has 4 nitrogen and oxygen atoms in total. The Kier molecular flexibility index (Phi) is 3.25. The van der Waals surface area contributed by atoms with Gasteiger partial charge in [0.05, 0.1) is 11.9 Å². The minimum Gasteiger partial charge on any atom is -0.507 e. The molecular formula is C16H11N3OS2. The van der Waals surface area contributed by atoms with Gasteiger partial charge in [-0.2, -0.15) is 0 Å². The minimum absolute atomic E-state index is 0.208. The molecule has 0 radical (unpaired) electrons. The van der Waals surface area contributed by atoms with E-state index in [-0.39, 0.29) is 5.75 Å². The fourth-order valence-electron chi connectivity index (χ4n) is 2.20. The molecule has 0 aliphatic rings. The van der Waals surface area contributed by atoms with Gasteiger partial charge in [0, 0.05) is 20.7 Å². The summed E-state index contributed by atoms with van der Waals surface area (Å²) in [7, 11) is 0. The molecule has 0 atom stereocenters. The number of nitrogens with zero attached hydrogens (tertiary/aromatic N) is 3. The molecule has 108 valence electrons. The first kappa shape index (κ1) is 13.2. The normalized spacial score (nSPS) is 10.9. The van der Waals surface area contributed by atoms with Gasteiger partial charge < -0.3 is 5.11 Å². The van der Waals surface area contributed by atoms with Crippen LogP contribution in [0, 0.1) is 0 Å². The van der Waals surface area contributed by atoms with Crippen LogP contribution in [0.25, 0.3) is 26.7 Å². The van der Waals surface area contributed by atoms with Gasteiger partial charge in [0.1, 0.15) is 11.4 Å². The second-order valence-electron chi connectivity index (χ2n) is 4.71. The Bertz CT molecular complexity index is 909.